The Bertz CT molecular complexity index is 431. The molecule has 2 heterocycles. The van der Waals surface area contributed by atoms with Crippen molar-refractivity contribution in [3.63, 3.8) is 0 Å². The largest absolute Gasteiger partial charge is 0.366 e. The van der Waals surface area contributed by atoms with Crippen LogP contribution in [-0.4, -0.2) is 19.6 Å². The first-order valence-corrected chi connectivity index (χ1v) is 4.14. The fraction of sp³-hybridized carbons (Fsp3) is 0.375. The van der Waals surface area contributed by atoms with Crippen molar-refractivity contribution in [2.45, 2.75) is 19.8 Å². The molecular formula is C8H11N5. The van der Waals surface area contributed by atoms with E-state index < -0.39 is 0 Å². The van der Waals surface area contributed by atoms with Crippen LogP contribution in [0.5, 0.6) is 0 Å². The minimum atomic E-state index is 0.258. The second-order valence-electron chi connectivity index (χ2n) is 3.26. The maximum Gasteiger partial charge on any atom is 0.253 e. The normalized spacial score (nSPS) is 11.3. The Labute approximate surface area is 75.6 Å². The zero-order valence-electron chi connectivity index (χ0n) is 7.60. The lowest BCUT2D eigenvalue weighted by molar-refractivity contribution is 0.821. The highest BCUT2D eigenvalue weighted by Crippen LogP contribution is 2.12. The van der Waals surface area contributed by atoms with E-state index in [1.807, 2.05) is 6.20 Å². The van der Waals surface area contributed by atoms with Gasteiger partial charge in [-0.2, -0.15) is 4.98 Å². The number of aromatic nitrogens is 4. The highest BCUT2D eigenvalue weighted by atomic mass is 15.3. The van der Waals surface area contributed by atoms with Crippen LogP contribution in [0.4, 0.5) is 5.95 Å². The quantitative estimate of drug-likeness (QED) is 0.700. The van der Waals surface area contributed by atoms with E-state index in [0.717, 1.165) is 5.56 Å². The Hall–Kier alpha value is -1.65. The number of fused-ring (bicyclic) bond motifs is 1. The topological polar surface area (TPSA) is 69.1 Å². The number of nitrogen functional groups attached to an aromatic ring is 1. The van der Waals surface area contributed by atoms with E-state index in [0.29, 0.717) is 11.7 Å². The first-order chi connectivity index (χ1) is 6.16. The number of nitrogens with two attached hydrogens (primary N) is 1. The fourth-order valence-electron chi connectivity index (χ4n) is 1.11. The van der Waals surface area contributed by atoms with Gasteiger partial charge in [0.15, 0.2) is 0 Å². The van der Waals surface area contributed by atoms with E-state index >= 15 is 0 Å². The molecule has 0 amide bonds. The number of hydrogen-bond acceptors (Lipinski definition) is 4. The average Bonchev–Trinajstić information content (AvgIpc) is 2.42. The summed E-state index contributed by atoms with van der Waals surface area (Å²) in [6.07, 6.45) is 3.70. The van der Waals surface area contributed by atoms with E-state index in [-0.39, 0.29) is 5.95 Å². The Morgan fingerprint density at radius 3 is 2.92 bits per heavy atom. The molecule has 2 aromatic rings. The summed E-state index contributed by atoms with van der Waals surface area (Å²) in [6, 6.07) is 0. The zero-order chi connectivity index (χ0) is 9.42. The molecule has 0 spiro atoms. The second kappa shape index (κ2) is 2.69. The molecule has 0 aromatic carbocycles. The summed E-state index contributed by atoms with van der Waals surface area (Å²) in [4.78, 5) is 8.06. The monoisotopic (exact) mass is 177 g/mol. The summed E-state index contributed by atoms with van der Waals surface area (Å²) in [7, 11) is 0. The number of rotatable bonds is 1. The standard InChI is InChI=1S/C8H11N5/c1-5(2)6-3-10-8-11-7(9)12-13(8)4-6/h3-5H,1-2H3,(H2,9,12). The lowest BCUT2D eigenvalue weighted by Crippen LogP contribution is -1.96. The summed E-state index contributed by atoms with van der Waals surface area (Å²) in [6.45, 7) is 4.20. The second-order valence-corrected chi connectivity index (χ2v) is 3.26. The molecule has 0 aliphatic carbocycles. The van der Waals surface area contributed by atoms with Crippen LogP contribution in [0.2, 0.25) is 0 Å². The van der Waals surface area contributed by atoms with Gasteiger partial charge >= 0.3 is 0 Å². The van der Waals surface area contributed by atoms with Gasteiger partial charge in [-0.25, -0.2) is 9.50 Å². The van der Waals surface area contributed by atoms with Crippen LogP contribution >= 0.6 is 0 Å². The molecule has 0 aliphatic rings. The molecular weight excluding hydrogens is 166 g/mol. The van der Waals surface area contributed by atoms with Crippen molar-refractivity contribution in [1.82, 2.24) is 19.6 Å². The van der Waals surface area contributed by atoms with Crippen LogP contribution in [0.15, 0.2) is 12.4 Å². The summed E-state index contributed by atoms with van der Waals surface area (Å²) in [5.74, 6) is 1.23. The Morgan fingerprint density at radius 1 is 1.46 bits per heavy atom. The molecule has 0 radical (unpaired) electrons. The van der Waals surface area contributed by atoms with Gasteiger partial charge in [-0.15, -0.1) is 5.10 Å². The van der Waals surface area contributed by atoms with Crippen molar-refractivity contribution in [1.29, 1.82) is 0 Å². The van der Waals surface area contributed by atoms with Gasteiger partial charge in [-0.1, -0.05) is 13.8 Å². The van der Waals surface area contributed by atoms with Crippen LogP contribution in [0, 0.1) is 0 Å². The van der Waals surface area contributed by atoms with Crippen molar-refractivity contribution >= 4 is 11.7 Å². The minimum absolute atomic E-state index is 0.258. The molecule has 68 valence electrons. The molecule has 0 unspecified atom stereocenters. The van der Waals surface area contributed by atoms with Crippen LogP contribution in [0.25, 0.3) is 5.78 Å². The first kappa shape index (κ1) is 7.97. The molecule has 0 fully saturated rings. The van der Waals surface area contributed by atoms with Gasteiger partial charge in [0.1, 0.15) is 0 Å². The van der Waals surface area contributed by atoms with Gasteiger partial charge < -0.3 is 5.73 Å². The van der Waals surface area contributed by atoms with E-state index in [1.54, 1.807) is 10.7 Å². The molecule has 5 nitrogen and oxygen atoms in total. The molecule has 13 heavy (non-hydrogen) atoms. The molecule has 5 heteroatoms. The van der Waals surface area contributed by atoms with Gasteiger partial charge in [0.25, 0.3) is 5.78 Å². The molecule has 0 atom stereocenters. The van der Waals surface area contributed by atoms with E-state index in [2.05, 4.69) is 28.9 Å². The average molecular weight is 177 g/mol. The Kier molecular flexibility index (Phi) is 1.65. The molecule has 0 bridgehead atoms. The fourth-order valence-corrected chi connectivity index (χ4v) is 1.11. The van der Waals surface area contributed by atoms with Crippen LogP contribution in [0.3, 0.4) is 0 Å². The van der Waals surface area contributed by atoms with Crippen molar-refractivity contribution in [2.75, 3.05) is 5.73 Å². The Balaban J connectivity index is 2.61. The van der Waals surface area contributed by atoms with Crippen molar-refractivity contribution in [3.05, 3.63) is 18.0 Å². The van der Waals surface area contributed by atoms with Gasteiger partial charge in [-0.05, 0) is 11.5 Å². The highest BCUT2D eigenvalue weighted by Gasteiger charge is 2.04. The van der Waals surface area contributed by atoms with Crippen molar-refractivity contribution in [3.8, 4) is 0 Å². The predicted octanol–water partition coefficient (Wildman–Crippen LogP) is 0.830. The lowest BCUT2D eigenvalue weighted by Gasteiger charge is -2.02. The third-order valence-corrected chi connectivity index (χ3v) is 1.90. The van der Waals surface area contributed by atoms with Gasteiger partial charge in [0, 0.05) is 12.4 Å². The zero-order valence-corrected chi connectivity index (χ0v) is 7.60. The lowest BCUT2D eigenvalue weighted by atomic mass is 10.1. The van der Waals surface area contributed by atoms with Gasteiger partial charge in [0.2, 0.25) is 5.95 Å². The number of hydrogen-bond donors (Lipinski definition) is 1. The maximum atomic E-state index is 5.43. The van der Waals surface area contributed by atoms with Gasteiger partial charge in [-0.3, -0.25) is 0 Å². The molecule has 0 saturated heterocycles. The third kappa shape index (κ3) is 1.32. The number of nitrogens with zero attached hydrogens (tertiary/aromatic N) is 4. The van der Waals surface area contributed by atoms with E-state index in [9.17, 15) is 0 Å². The molecule has 2 aromatic heterocycles. The molecule has 0 aliphatic heterocycles. The summed E-state index contributed by atoms with van der Waals surface area (Å²) in [5, 5.41) is 3.98. The summed E-state index contributed by atoms with van der Waals surface area (Å²) >= 11 is 0. The van der Waals surface area contributed by atoms with Crippen LogP contribution in [-0.2, 0) is 0 Å². The van der Waals surface area contributed by atoms with Crippen molar-refractivity contribution < 1.29 is 0 Å². The van der Waals surface area contributed by atoms with Crippen LogP contribution in [0.1, 0.15) is 25.3 Å². The first-order valence-electron chi connectivity index (χ1n) is 4.14. The van der Waals surface area contributed by atoms with Gasteiger partial charge in [0.05, 0.1) is 0 Å². The van der Waals surface area contributed by atoms with Crippen LogP contribution < -0.4 is 5.73 Å². The summed E-state index contributed by atoms with van der Waals surface area (Å²) in [5.41, 5.74) is 6.56. The smallest absolute Gasteiger partial charge is 0.253 e. The van der Waals surface area contributed by atoms with Crippen molar-refractivity contribution in [2.24, 2.45) is 0 Å². The molecule has 2 rings (SSSR count). The SMILES string of the molecule is CC(C)c1cnc2nc(N)nn2c1. The minimum Gasteiger partial charge on any atom is -0.366 e. The van der Waals surface area contributed by atoms with E-state index in [1.165, 1.54) is 0 Å². The highest BCUT2D eigenvalue weighted by molar-refractivity contribution is 5.34. The predicted molar refractivity (Wildman–Crippen MR) is 49.3 cm³/mol. The third-order valence-electron chi connectivity index (χ3n) is 1.90. The number of anilines is 1. The maximum absolute atomic E-state index is 5.43. The Morgan fingerprint density at radius 2 is 2.23 bits per heavy atom. The van der Waals surface area contributed by atoms with E-state index in [4.69, 9.17) is 5.73 Å². The molecule has 2 N–H and O–H groups in total. The summed E-state index contributed by atoms with van der Waals surface area (Å²) < 4.78 is 1.60. The molecule has 0 saturated carbocycles.